The van der Waals surface area contributed by atoms with E-state index in [1.54, 1.807) is 0 Å². The SMILES string of the molecule is c1ccc(-c2ccc(-c3ccccc3)c(-c3cnc(-c4cccc5oc6c(ccc7c8ccccc8n(-c8ccccc8)c76)c45)c(-c4nc(-c5ccccc5)nc(-c5ccccc5)n4)c3)c2)cc1. The maximum Gasteiger partial charge on any atom is 0.166 e. The Kier molecular flexibility index (Phi) is 9.39. The van der Waals surface area contributed by atoms with E-state index in [0.29, 0.717) is 17.5 Å². The zero-order chi connectivity index (χ0) is 45.0. The molecule has 0 aliphatic carbocycles. The van der Waals surface area contributed by atoms with Crippen molar-refractivity contribution in [3.8, 4) is 84.5 Å². The minimum atomic E-state index is 0.513. The maximum absolute atomic E-state index is 7.04. The van der Waals surface area contributed by atoms with Gasteiger partial charge in [0.15, 0.2) is 23.1 Å². The fourth-order valence-corrected chi connectivity index (χ4v) is 9.76. The molecule has 13 rings (SSSR count). The number of pyridine rings is 1. The van der Waals surface area contributed by atoms with Gasteiger partial charge in [-0.15, -0.1) is 0 Å². The Morgan fingerprint density at radius 3 is 1.62 bits per heavy atom. The maximum atomic E-state index is 7.04. The number of fused-ring (bicyclic) bond motifs is 7. The Morgan fingerprint density at radius 2 is 0.926 bits per heavy atom. The van der Waals surface area contributed by atoms with Gasteiger partial charge in [0.1, 0.15) is 5.58 Å². The first-order valence-electron chi connectivity index (χ1n) is 22.8. The molecule has 0 unspecified atom stereocenters. The Hall–Kier alpha value is -9.26. The van der Waals surface area contributed by atoms with E-state index < -0.39 is 0 Å². The number of hydrogen-bond donors (Lipinski definition) is 0. The Morgan fingerprint density at radius 1 is 0.353 bits per heavy atom. The normalized spacial score (nSPS) is 11.5. The van der Waals surface area contributed by atoms with Crippen molar-refractivity contribution in [3.05, 3.63) is 237 Å². The second-order valence-corrected chi connectivity index (χ2v) is 17.0. The fraction of sp³-hybridized carbons (Fsp3) is 0. The number of nitrogens with zero attached hydrogens (tertiary/aromatic N) is 5. The highest BCUT2D eigenvalue weighted by molar-refractivity contribution is 6.23. The van der Waals surface area contributed by atoms with E-state index in [-0.39, 0.29) is 0 Å². The zero-order valence-electron chi connectivity index (χ0n) is 36.7. The third-order valence-corrected chi connectivity index (χ3v) is 12.9. The molecule has 0 saturated carbocycles. The lowest BCUT2D eigenvalue weighted by atomic mass is 9.90. The van der Waals surface area contributed by atoms with Crippen LogP contribution in [0.4, 0.5) is 0 Å². The molecule has 6 nitrogen and oxygen atoms in total. The molecular weight excluding hydrogens is 831 g/mol. The first-order valence-corrected chi connectivity index (χ1v) is 22.8. The van der Waals surface area contributed by atoms with Crippen LogP contribution in [0.2, 0.25) is 0 Å². The van der Waals surface area contributed by atoms with Crippen molar-refractivity contribution in [1.82, 2.24) is 24.5 Å². The summed E-state index contributed by atoms with van der Waals surface area (Å²) in [6.07, 6.45) is 2.00. The van der Waals surface area contributed by atoms with Crippen LogP contribution >= 0.6 is 0 Å². The summed E-state index contributed by atoms with van der Waals surface area (Å²) in [5, 5.41) is 4.25. The monoisotopic (exact) mass is 869 g/mol. The molecule has 4 aromatic heterocycles. The van der Waals surface area contributed by atoms with E-state index in [1.807, 2.05) is 66.9 Å². The molecule has 0 saturated heterocycles. The lowest BCUT2D eigenvalue weighted by Gasteiger charge is -2.16. The molecule has 0 aliphatic rings. The largest absolute Gasteiger partial charge is 0.454 e. The van der Waals surface area contributed by atoms with Gasteiger partial charge < -0.3 is 8.98 Å². The molecule has 0 N–H and O–H groups in total. The number of rotatable bonds is 8. The van der Waals surface area contributed by atoms with E-state index in [0.717, 1.165) is 111 Å². The lowest BCUT2D eigenvalue weighted by molar-refractivity contribution is 0.671. The van der Waals surface area contributed by atoms with E-state index in [4.69, 9.17) is 24.4 Å². The number of hydrogen-bond acceptors (Lipinski definition) is 5. The van der Waals surface area contributed by atoms with E-state index in [9.17, 15) is 0 Å². The van der Waals surface area contributed by atoms with Crippen molar-refractivity contribution in [2.24, 2.45) is 0 Å². The van der Waals surface area contributed by atoms with Gasteiger partial charge in [-0.2, -0.15) is 0 Å². The van der Waals surface area contributed by atoms with Crippen LogP contribution in [-0.2, 0) is 0 Å². The third-order valence-electron chi connectivity index (χ3n) is 12.9. The van der Waals surface area contributed by atoms with Crippen molar-refractivity contribution < 1.29 is 4.42 Å². The fourth-order valence-electron chi connectivity index (χ4n) is 9.76. The summed E-state index contributed by atoms with van der Waals surface area (Å²) in [4.78, 5) is 21.2. The van der Waals surface area contributed by atoms with E-state index in [2.05, 4.69) is 174 Å². The number of aromatic nitrogens is 5. The summed E-state index contributed by atoms with van der Waals surface area (Å²) in [5.74, 6) is 1.66. The highest BCUT2D eigenvalue weighted by Crippen LogP contribution is 2.46. The second-order valence-electron chi connectivity index (χ2n) is 17.0. The molecule has 0 bridgehead atoms. The quantitative estimate of drug-likeness (QED) is 0.152. The van der Waals surface area contributed by atoms with Crippen LogP contribution in [0.1, 0.15) is 0 Å². The Labute approximate surface area is 392 Å². The zero-order valence-corrected chi connectivity index (χ0v) is 36.7. The Bertz CT molecular complexity index is 3940. The van der Waals surface area contributed by atoms with Crippen LogP contribution in [-0.4, -0.2) is 24.5 Å². The predicted octanol–water partition coefficient (Wildman–Crippen LogP) is 15.9. The molecule has 68 heavy (non-hydrogen) atoms. The van der Waals surface area contributed by atoms with Gasteiger partial charge in [-0.1, -0.05) is 188 Å². The van der Waals surface area contributed by atoms with Crippen molar-refractivity contribution in [2.45, 2.75) is 0 Å². The van der Waals surface area contributed by atoms with Gasteiger partial charge >= 0.3 is 0 Å². The third kappa shape index (κ3) is 6.66. The smallest absolute Gasteiger partial charge is 0.166 e. The summed E-state index contributed by atoms with van der Waals surface area (Å²) in [6.45, 7) is 0. The standard InChI is InChI=1S/C62H39N5O/c1-6-19-40(20-7-1)44-33-34-47(41-21-8-2-9-22-41)52(37-44)45-38-53(62-65-60(42-23-10-3-11-24-42)64-61(66-62)43-25-12-4-13-26-43)57(63-39-45)50-30-18-32-55-56(50)51-36-35-49-48-29-16-17-31-54(48)67(58(49)59(51)68-55)46-27-14-5-15-28-46/h1-39H. The van der Waals surface area contributed by atoms with Crippen molar-refractivity contribution in [1.29, 1.82) is 0 Å². The minimum absolute atomic E-state index is 0.513. The molecule has 9 aromatic carbocycles. The van der Waals surface area contributed by atoms with Crippen molar-refractivity contribution in [2.75, 3.05) is 0 Å². The first-order chi connectivity index (χ1) is 33.7. The molecule has 0 aliphatic heterocycles. The van der Waals surface area contributed by atoms with Gasteiger partial charge in [-0.3, -0.25) is 4.98 Å². The van der Waals surface area contributed by atoms with Gasteiger partial charge in [-0.05, 0) is 70.3 Å². The molecule has 0 atom stereocenters. The molecule has 13 aromatic rings. The molecular formula is C62H39N5O. The molecule has 0 radical (unpaired) electrons. The molecule has 6 heteroatoms. The molecule has 0 spiro atoms. The molecule has 0 amide bonds. The van der Waals surface area contributed by atoms with Gasteiger partial charge in [0.2, 0.25) is 0 Å². The average Bonchev–Trinajstić information content (AvgIpc) is 3.98. The highest BCUT2D eigenvalue weighted by atomic mass is 16.3. The summed E-state index contributed by atoms with van der Waals surface area (Å²) < 4.78 is 9.36. The second kappa shape index (κ2) is 16.3. The Balaban J connectivity index is 1.11. The van der Waals surface area contributed by atoms with Crippen LogP contribution in [0.5, 0.6) is 0 Å². The summed E-state index contributed by atoms with van der Waals surface area (Å²) in [7, 11) is 0. The van der Waals surface area contributed by atoms with Gasteiger partial charge in [0, 0.05) is 61.2 Å². The number of furan rings is 1. The van der Waals surface area contributed by atoms with Crippen LogP contribution in [0, 0.1) is 0 Å². The predicted molar refractivity (Wildman–Crippen MR) is 277 cm³/mol. The van der Waals surface area contributed by atoms with E-state index >= 15 is 0 Å². The summed E-state index contributed by atoms with van der Waals surface area (Å²) >= 11 is 0. The number of para-hydroxylation sites is 2. The molecule has 318 valence electrons. The van der Waals surface area contributed by atoms with Gasteiger partial charge in [-0.25, -0.2) is 15.0 Å². The first kappa shape index (κ1) is 39.1. The van der Waals surface area contributed by atoms with E-state index in [1.165, 1.54) is 0 Å². The lowest BCUT2D eigenvalue weighted by Crippen LogP contribution is -2.02. The topological polar surface area (TPSA) is 69.6 Å². The molecule has 4 heterocycles. The van der Waals surface area contributed by atoms with Crippen LogP contribution in [0.25, 0.3) is 128 Å². The number of benzene rings is 9. The van der Waals surface area contributed by atoms with Crippen LogP contribution < -0.4 is 0 Å². The van der Waals surface area contributed by atoms with Crippen molar-refractivity contribution in [3.63, 3.8) is 0 Å². The van der Waals surface area contributed by atoms with Crippen LogP contribution in [0.3, 0.4) is 0 Å². The van der Waals surface area contributed by atoms with Crippen LogP contribution in [0.15, 0.2) is 241 Å². The van der Waals surface area contributed by atoms with Gasteiger partial charge in [0.25, 0.3) is 0 Å². The average molecular weight is 870 g/mol. The summed E-state index contributed by atoms with van der Waals surface area (Å²) in [5.41, 5.74) is 15.4. The van der Waals surface area contributed by atoms with Crippen molar-refractivity contribution >= 4 is 43.7 Å². The highest BCUT2D eigenvalue weighted by Gasteiger charge is 2.25. The summed E-state index contributed by atoms with van der Waals surface area (Å²) in [6, 6.07) is 80.0. The van der Waals surface area contributed by atoms with Gasteiger partial charge in [0.05, 0.1) is 16.7 Å². The molecule has 0 fully saturated rings. The minimum Gasteiger partial charge on any atom is -0.454 e.